The van der Waals surface area contributed by atoms with Gasteiger partial charge >= 0.3 is 5.97 Å². The van der Waals surface area contributed by atoms with Crippen LogP contribution in [0.5, 0.6) is 0 Å². The molecule has 1 amide bonds. The van der Waals surface area contributed by atoms with Gasteiger partial charge in [0.15, 0.2) is 6.61 Å². The smallest absolute Gasteiger partial charge is 0.316 e. The van der Waals surface area contributed by atoms with Crippen molar-refractivity contribution in [3.05, 3.63) is 35.9 Å². The first kappa shape index (κ1) is 15.8. The van der Waals surface area contributed by atoms with Crippen LogP contribution in [0.15, 0.2) is 35.4 Å². The second-order valence-electron chi connectivity index (χ2n) is 5.59. The molecule has 1 N–H and O–H groups in total. The zero-order chi connectivity index (χ0) is 16.2. The van der Waals surface area contributed by atoms with E-state index in [4.69, 9.17) is 4.74 Å². The molecule has 1 aliphatic rings. The summed E-state index contributed by atoms with van der Waals surface area (Å²) in [6.07, 6.45) is 2.03. The molecular weight excluding hydrogens is 312 g/mol. The zero-order valence-corrected chi connectivity index (χ0v) is 13.7. The van der Waals surface area contributed by atoms with Crippen LogP contribution in [0.2, 0.25) is 0 Å². The lowest BCUT2D eigenvalue weighted by atomic mass is 10.1. The number of carbonyl (C=O) groups excluding carboxylic acids is 2. The van der Waals surface area contributed by atoms with Gasteiger partial charge in [0.1, 0.15) is 0 Å². The number of aromatic nitrogens is 1. The molecule has 6 heteroatoms. The van der Waals surface area contributed by atoms with Gasteiger partial charge < -0.3 is 10.1 Å². The van der Waals surface area contributed by atoms with E-state index in [9.17, 15) is 9.59 Å². The first-order valence-electron chi connectivity index (χ1n) is 7.56. The van der Waals surface area contributed by atoms with Gasteiger partial charge in [0.25, 0.3) is 5.91 Å². The van der Waals surface area contributed by atoms with E-state index >= 15 is 0 Å². The molecule has 23 heavy (non-hydrogen) atoms. The first-order valence-corrected chi connectivity index (χ1v) is 8.54. The molecule has 120 valence electrons. The molecule has 1 aromatic heterocycles. The van der Waals surface area contributed by atoms with E-state index in [1.54, 1.807) is 0 Å². The van der Waals surface area contributed by atoms with Crippen molar-refractivity contribution >= 4 is 34.5 Å². The van der Waals surface area contributed by atoms with Crippen molar-refractivity contribution in [1.29, 1.82) is 0 Å². The molecule has 5 nitrogen and oxygen atoms in total. The molecule has 1 aliphatic carbocycles. The van der Waals surface area contributed by atoms with E-state index in [2.05, 4.69) is 10.3 Å². The number of rotatable bonds is 6. The van der Waals surface area contributed by atoms with Gasteiger partial charge in [0.2, 0.25) is 0 Å². The number of ether oxygens (including phenoxy) is 1. The summed E-state index contributed by atoms with van der Waals surface area (Å²) < 4.78 is 4.97. The summed E-state index contributed by atoms with van der Waals surface area (Å²) in [6, 6.07) is 10.1. The Morgan fingerprint density at radius 2 is 2.13 bits per heavy atom. The number of hydrogen-bond donors (Lipinski definition) is 1. The van der Waals surface area contributed by atoms with Crippen LogP contribution in [0.1, 0.15) is 18.4 Å². The Kier molecular flexibility index (Phi) is 4.81. The van der Waals surface area contributed by atoms with E-state index in [0.717, 1.165) is 34.3 Å². The molecule has 2 aromatic rings. The van der Waals surface area contributed by atoms with E-state index in [1.807, 2.05) is 37.3 Å². The fourth-order valence-electron chi connectivity index (χ4n) is 2.21. The molecule has 0 aliphatic heterocycles. The minimum atomic E-state index is -0.409. The Labute approximate surface area is 138 Å². The fraction of sp³-hybridized carbons (Fsp3) is 0.353. The highest BCUT2D eigenvalue weighted by atomic mass is 32.2. The fourth-order valence-corrected chi connectivity index (χ4v) is 2.98. The number of hydrogen-bond acceptors (Lipinski definition) is 5. The minimum absolute atomic E-state index is 0.140. The number of carbonyl (C=O) groups is 2. The molecule has 0 radical (unpaired) electrons. The van der Waals surface area contributed by atoms with E-state index in [-0.39, 0.29) is 24.3 Å². The molecule has 0 unspecified atom stereocenters. The summed E-state index contributed by atoms with van der Waals surface area (Å²) in [5.41, 5.74) is 2.03. The van der Waals surface area contributed by atoms with Crippen molar-refractivity contribution in [2.45, 2.75) is 30.8 Å². The number of thioether (sulfide) groups is 1. The summed E-state index contributed by atoms with van der Waals surface area (Å²) >= 11 is 1.32. The Balaban J connectivity index is 1.51. The molecule has 1 aromatic carbocycles. The minimum Gasteiger partial charge on any atom is -0.455 e. The monoisotopic (exact) mass is 330 g/mol. The third kappa shape index (κ3) is 4.45. The number of aryl methyl sites for hydroxylation is 1. The molecular formula is C17H18N2O3S. The topological polar surface area (TPSA) is 68.3 Å². The lowest BCUT2D eigenvalue weighted by Crippen LogP contribution is -2.30. The second-order valence-corrected chi connectivity index (χ2v) is 6.58. The first-order chi connectivity index (χ1) is 11.1. The maximum Gasteiger partial charge on any atom is 0.316 e. The highest BCUT2D eigenvalue weighted by Gasteiger charge is 2.23. The Morgan fingerprint density at radius 1 is 1.35 bits per heavy atom. The maximum atomic E-state index is 11.7. The molecule has 0 saturated heterocycles. The quantitative estimate of drug-likeness (QED) is 0.651. The molecule has 3 rings (SSSR count). The van der Waals surface area contributed by atoms with E-state index in [0.29, 0.717) is 0 Å². The predicted octanol–water partition coefficient (Wildman–Crippen LogP) is 2.46. The van der Waals surface area contributed by atoms with E-state index < -0.39 is 5.97 Å². The van der Waals surface area contributed by atoms with Crippen LogP contribution < -0.4 is 5.32 Å². The Morgan fingerprint density at radius 3 is 2.91 bits per heavy atom. The molecule has 1 saturated carbocycles. The standard InChI is InChI=1S/C17H18N2O3S/c1-11-8-16(19-14-5-3-2-4-13(11)14)23-10-17(21)22-9-15(20)18-12-6-7-12/h2-5,8,12H,6-7,9-10H2,1H3,(H,18,20). The van der Waals surface area contributed by atoms with Crippen LogP contribution in [-0.2, 0) is 14.3 Å². The van der Waals surface area contributed by atoms with Gasteiger partial charge in [-0.1, -0.05) is 30.0 Å². The Bertz CT molecular complexity index is 744. The van der Waals surface area contributed by atoms with Crippen molar-refractivity contribution in [2.75, 3.05) is 12.4 Å². The number of pyridine rings is 1. The SMILES string of the molecule is Cc1cc(SCC(=O)OCC(=O)NC2CC2)nc2ccccc12. The lowest BCUT2D eigenvalue weighted by Gasteiger charge is -2.07. The predicted molar refractivity (Wildman–Crippen MR) is 89.3 cm³/mol. The lowest BCUT2D eigenvalue weighted by molar-refractivity contribution is -0.145. The summed E-state index contributed by atoms with van der Waals surface area (Å²) in [6.45, 7) is 1.81. The van der Waals surface area contributed by atoms with Gasteiger partial charge in [-0.3, -0.25) is 9.59 Å². The average Bonchev–Trinajstić information content (AvgIpc) is 3.35. The van der Waals surface area contributed by atoms with Crippen LogP contribution >= 0.6 is 11.8 Å². The maximum absolute atomic E-state index is 11.7. The van der Waals surface area contributed by atoms with Gasteiger partial charge in [0, 0.05) is 11.4 Å². The highest BCUT2D eigenvalue weighted by Crippen LogP contribution is 2.23. The van der Waals surface area contributed by atoms with Gasteiger partial charge in [0.05, 0.1) is 16.3 Å². The van der Waals surface area contributed by atoms with Crippen molar-refractivity contribution in [2.24, 2.45) is 0 Å². The highest BCUT2D eigenvalue weighted by molar-refractivity contribution is 7.99. The van der Waals surface area contributed by atoms with Gasteiger partial charge in [-0.2, -0.15) is 0 Å². The van der Waals surface area contributed by atoms with Crippen LogP contribution in [0.4, 0.5) is 0 Å². The van der Waals surface area contributed by atoms with Crippen molar-refractivity contribution < 1.29 is 14.3 Å². The summed E-state index contributed by atoms with van der Waals surface area (Å²) in [4.78, 5) is 27.7. The third-order valence-electron chi connectivity index (χ3n) is 3.54. The number of amides is 1. The van der Waals surface area contributed by atoms with E-state index in [1.165, 1.54) is 11.8 Å². The van der Waals surface area contributed by atoms with Gasteiger partial charge in [-0.25, -0.2) is 4.98 Å². The summed E-state index contributed by atoms with van der Waals surface area (Å²) in [7, 11) is 0. The molecule has 0 spiro atoms. The van der Waals surface area contributed by atoms with Crippen LogP contribution in [0.25, 0.3) is 10.9 Å². The molecule has 1 heterocycles. The molecule has 1 fully saturated rings. The van der Waals surface area contributed by atoms with Crippen LogP contribution in [-0.4, -0.2) is 35.3 Å². The molecule has 0 atom stereocenters. The van der Waals surface area contributed by atoms with Gasteiger partial charge in [-0.15, -0.1) is 0 Å². The number of para-hydroxylation sites is 1. The number of nitrogens with zero attached hydrogens (tertiary/aromatic N) is 1. The van der Waals surface area contributed by atoms with Crippen LogP contribution in [0, 0.1) is 6.92 Å². The number of fused-ring (bicyclic) bond motifs is 1. The van der Waals surface area contributed by atoms with Crippen molar-refractivity contribution in [3.63, 3.8) is 0 Å². The normalized spacial score (nSPS) is 13.8. The number of nitrogens with one attached hydrogen (secondary N) is 1. The zero-order valence-electron chi connectivity index (χ0n) is 12.9. The average molecular weight is 330 g/mol. The summed E-state index contributed by atoms with van der Waals surface area (Å²) in [5.74, 6) is -0.499. The second kappa shape index (κ2) is 7.00. The van der Waals surface area contributed by atoms with Crippen LogP contribution in [0.3, 0.4) is 0 Å². The van der Waals surface area contributed by atoms with Crippen molar-refractivity contribution in [3.8, 4) is 0 Å². The molecule has 0 bridgehead atoms. The Hall–Kier alpha value is -2.08. The number of benzene rings is 1. The van der Waals surface area contributed by atoms with Gasteiger partial charge in [-0.05, 0) is 37.5 Å². The largest absolute Gasteiger partial charge is 0.455 e. The van der Waals surface area contributed by atoms with Crippen molar-refractivity contribution in [1.82, 2.24) is 10.3 Å². The third-order valence-corrected chi connectivity index (χ3v) is 4.43. The number of esters is 1. The summed E-state index contributed by atoms with van der Waals surface area (Å²) in [5, 5.41) is 4.66.